The molecule has 0 aromatic heterocycles. The molecule has 1 aromatic carbocycles. The Hall–Kier alpha value is -2.11. The highest BCUT2D eigenvalue weighted by Gasteiger charge is 2.35. The molecule has 2 amide bonds. The predicted molar refractivity (Wildman–Crippen MR) is 70.8 cm³/mol. The second-order valence-electron chi connectivity index (χ2n) is 5.12. The smallest absolute Gasteiger partial charge is 0.317 e. The second-order valence-corrected chi connectivity index (χ2v) is 5.12. The summed E-state index contributed by atoms with van der Waals surface area (Å²) in [6.45, 7) is 2.37. The number of nitrogens with one attached hydrogen (secondary N) is 1. The minimum absolute atomic E-state index is 0.100. The number of halogens is 1. The SMILES string of the molecule is CC(Cc1ccc(F)cc1)NC(=O)N1CC(C(=O)O)C1. The van der Waals surface area contributed by atoms with Gasteiger partial charge in [0.05, 0.1) is 5.92 Å². The van der Waals surface area contributed by atoms with Gasteiger partial charge in [0.15, 0.2) is 0 Å². The largest absolute Gasteiger partial charge is 0.481 e. The van der Waals surface area contributed by atoms with Gasteiger partial charge in [-0.1, -0.05) is 12.1 Å². The van der Waals surface area contributed by atoms with E-state index in [9.17, 15) is 14.0 Å². The molecular formula is C14H17FN2O3. The molecule has 1 saturated heterocycles. The number of carboxylic acid groups (broad SMARTS) is 1. The minimum Gasteiger partial charge on any atom is -0.481 e. The van der Waals surface area contributed by atoms with Gasteiger partial charge in [0.1, 0.15) is 5.82 Å². The van der Waals surface area contributed by atoms with Gasteiger partial charge < -0.3 is 15.3 Å². The zero-order valence-electron chi connectivity index (χ0n) is 11.2. The van der Waals surface area contributed by atoms with Crippen LogP contribution in [0.5, 0.6) is 0 Å². The molecule has 1 aromatic rings. The van der Waals surface area contributed by atoms with Crippen LogP contribution in [0.3, 0.4) is 0 Å². The van der Waals surface area contributed by atoms with Crippen LogP contribution in [0.15, 0.2) is 24.3 Å². The van der Waals surface area contributed by atoms with Gasteiger partial charge in [-0.2, -0.15) is 0 Å². The molecule has 1 heterocycles. The van der Waals surface area contributed by atoms with Crippen molar-refractivity contribution >= 4 is 12.0 Å². The van der Waals surface area contributed by atoms with Crippen LogP contribution in [0.25, 0.3) is 0 Å². The number of likely N-dealkylation sites (tertiary alicyclic amines) is 1. The number of carbonyl (C=O) groups is 2. The fourth-order valence-electron chi connectivity index (χ4n) is 2.13. The molecule has 2 N–H and O–H groups in total. The van der Waals surface area contributed by atoms with E-state index in [4.69, 9.17) is 5.11 Å². The Kier molecular flexibility index (Phi) is 4.22. The van der Waals surface area contributed by atoms with E-state index in [1.165, 1.54) is 17.0 Å². The number of urea groups is 1. The summed E-state index contributed by atoms with van der Waals surface area (Å²) in [5.41, 5.74) is 0.936. The first-order valence-corrected chi connectivity index (χ1v) is 6.48. The highest BCUT2D eigenvalue weighted by molar-refractivity contribution is 5.79. The topological polar surface area (TPSA) is 69.6 Å². The summed E-state index contributed by atoms with van der Waals surface area (Å²) in [6.07, 6.45) is 0.599. The molecule has 0 bridgehead atoms. The van der Waals surface area contributed by atoms with E-state index in [0.29, 0.717) is 6.42 Å². The number of nitrogens with zero attached hydrogens (tertiary/aromatic N) is 1. The van der Waals surface area contributed by atoms with Crippen LogP contribution < -0.4 is 5.32 Å². The average Bonchev–Trinajstić information content (AvgIpc) is 2.29. The summed E-state index contributed by atoms with van der Waals surface area (Å²) in [4.78, 5) is 23.9. The monoisotopic (exact) mass is 280 g/mol. The van der Waals surface area contributed by atoms with Crippen molar-refractivity contribution in [3.8, 4) is 0 Å². The van der Waals surface area contributed by atoms with Crippen molar-refractivity contribution in [1.29, 1.82) is 0 Å². The Morgan fingerprint density at radius 3 is 2.55 bits per heavy atom. The average molecular weight is 280 g/mol. The van der Waals surface area contributed by atoms with Gasteiger partial charge in [-0.05, 0) is 31.0 Å². The van der Waals surface area contributed by atoms with Crippen LogP contribution >= 0.6 is 0 Å². The van der Waals surface area contributed by atoms with E-state index in [1.807, 2.05) is 6.92 Å². The molecule has 108 valence electrons. The van der Waals surface area contributed by atoms with Crippen LogP contribution in [0.2, 0.25) is 0 Å². The fourth-order valence-corrected chi connectivity index (χ4v) is 2.13. The van der Waals surface area contributed by atoms with Gasteiger partial charge in [-0.15, -0.1) is 0 Å². The van der Waals surface area contributed by atoms with Crippen molar-refractivity contribution in [3.05, 3.63) is 35.6 Å². The standard InChI is InChI=1S/C14H17FN2O3/c1-9(6-10-2-4-12(15)5-3-10)16-14(20)17-7-11(8-17)13(18)19/h2-5,9,11H,6-8H2,1H3,(H,16,20)(H,18,19). The van der Waals surface area contributed by atoms with E-state index in [2.05, 4.69) is 5.32 Å². The number of hydrogen-bond donors (Lipinski definition) is 2. The maximum atomic E-state index is 12.8. The van der Waals surface area contributed by atoms with Crippen LogP contribution in [0, 0.1) is 11.7 Å². The first-order chi connectivity index (χ1) is 9.45. The molecule has 0 saturated carbocycles. The molecule has 0 radical (unpaired) electrons. The van der Waals surface area contributed by atoms with E-state index in [-0.39, 0.29) is 31.0 Å². The predicted octanol–water partition coefficient (Wildman–Crippen LogP) is 1.48. The van der Waals surface area contributed by atoms with Crippen LogP contribution in [-0.2, 0) is 11.2 Å². The third-order valence-corrected chi connectivity index (χ3v) is 3.34. The van der Waals surface area contributed by atoms with E-state index >= 15 is 0 Å². The molecule has 1 unspecified atom stereocenters. The van der Waals surface area contributed by atoms with Crippen LogP contribution in [-0.4, -0.2) is 41.1 Å². The summed E-state index contributed by atoms with van der Waals surface area (Å²) >= 11 is 0. The van der Waals surface area contributed by atoms with E-state index < -0.39 is 11.9 Å². The van der Waals surface area contributed by atoms with Crippen molar-refractivity contribution in [2.45, 2.75) is 19.4 Å². The Labute approximate surface area is 116 Å². The molecule has 6 heteroatoms. The van der Waals surface area contributed by atoms with Gasteiger partial charge in [-0.25, -0.2) is 9.18 Å². The lowest BCUT2D eigenvalue weighted by Gasteiger charge is -2.37. The van der Waals surface area contributed by atoms with E-state index in [1.54, 1.807) is 12.1 Å². The molecule has 2 rings (SSSR count). The first-order valence-electron chi connectivity index (χ1n) is 6.48. The highest BCUT2D eigenvalue weighted by Crippen LogP contribution is 2.15. The second kappa shape index (κ2) is 5.90. The van der Waals surface area contributed by atoms with Gasteiger partial charge in [0, 0.05) is 19.1 Å². The normalized spacial score (nSPS) is 16.4. The lowest BCUT2D eigenvalue weighted by atomic mass is 10.0. The van der Waals surface area contributed by atoms with Crippen molar-refractivity contribution in [1.82, 2.24) is 10.2 Å². The molecule has 0 aliphatic carbocycles. The number of carbonyl (C=O) groups excluding carboxylic acids is 1. The van der Waals surface area contributed by atoms with Crippen LogP contribution in [0.1, 0.15) is 12.5 Å². The molecule has 1 aliphatic rings. The van der Waals surface area contributed by atoms with Crippen molar-refractivity contribution in [2.24, 2.45) is 5.92 Å². The van der Waals surface area contributed by atoms with Crippen molar-refractivity contribution in [2.75, 3.05) is 13.1 Å². The summed E-state index contributed by atoms with van der Waals surface area (Å²) in [5, 5.41) is 11.5. The molecule has 1 atom stereocenters. The number of hydrogen-bond acceptors (Lipinski definition) is 2. The quantitative estimate of drug-likeness (QED) is 0.877. The summed E-state index contributed by atoms with van der Waals surface area (Å²) in [7, 11) is 0. The van der Waals surface area contributed by atoms with Gasteiger partial charge in [0.25, 0.3) is 0 Å². The lowest BCUT2D eigenvalue weighted by molar-refractivity contribution is -0.146. The Morgan fingerprint density at radius 1 is 1.40 bits per heavy atom. The third kappa shape index (κ3) is 3.46. The number of benzene rings is 1. The maximum Gasteiger partial charge on any atom is 0.317 e. The Balaban J connectivity index is 1.77. The van der Waals surface area contributed by atoms with Gasteiger partial charge in [-0.3, -0.25) is 4.79 Å². The first kappa shape index (κ1) is 14.3. The zero-order chi connectivity index (χ0) is 14.7. The number of amides is 2. The molecular weight excluding hydrogens is 263 g/mol. The van der Waals surface area contributed by atoms with Crippen LogP contribution in [0.4, 0.5) is 9.18 Å². The van der Waals surface area contributed by atoms with Crippen molar-refractivity contribution in [3.63, 3.8) is 0 Å². The van der Waals surface area contributed by atoms with Gasteiger partial charge in [0.2, 0.25) is 0 Å². The number of carboxylic acids is 1. The van der Waals surface area contributed by atoms with Gasteiger partial charge >= 0.3 is 12.0 Å². The zero-order valence-corrected chi connectivity index (χ0v) is 11.2. The fraction of sp³-hybridized carbons (Fsp3) is 0.429. The Morgan fingerprint density at radius 2 is 2.00 bits per heavy atom. The number of aliphatic carboxylic acids is 1. The highest BCUT2D eigenvalue weighted by atomic mass is 19.1. The third-order valence-electron chi connectivity index (χ3n) is 3.34. The molecule has 0 spiro atoms. The summed E-state index contributed by atoms with van der Waals surface area (Å²) in [6, 6.07) is 5.78. The molecule has 20 heavy (non-hydrogen) atoms. The lowest BCUT2D eigenvalue weighted by Crippen LogP contribution is -2.57. The minimum atomic E-state index is -0.867. The van der Waals surface area contributed by atoms with E-state index in [0.717, 1.165) is 5.56 Å². The molecule has 1 fully saturated rings. The Bertz CT molecular complexity index is 498. The summed E-state index contributed by atoms with van der Waals surface area (Å²) in [5.74, 6) is -1.60. The summed E-state index contributed by atoms with van der Waals surface area (Å²) < 4.78 is 12.8. The number of rotatable bonds is 4. The van der Waals surface area contributed by atoms with Crippen molar-refractivity contribution < 1.29 is 19.1 Å². The molecule has 5 nitrogen and oxygen atoms in total. The maximum absolute atomic E-state index is 12.8. The molecule has 1 aliphatic heterocycles.